The molecule has 7 rings (SSSR count). The third-order valence-corrected chi connectivity index (χ3v) is 17.0. The molecule has 2 N–H and O–H groups in total. The van der Waals surface area contributed by atoms with E-state index in [9.17, 15) is 0 Å². The summed E-state index contributed by atoms with van der Waals surface area (Å²) in [5.74, 6) is 10.7. The number of nitrogens with zero attached hydrogens (tertiary/aromatic N) is 1. The van der Waals surface area contributed by atoms with Crippen LogP contribution in [0.3, 0.4) is 0 Å². The van der Waals surface area contributed by atoms with Gasteiger partial charge < -0.3 is 15.5 Å². The van der Waals surface area contributed by atoms with E-state index in [-0.39, 0.29) is 0 Å². The Bertz CT molecular complexity index is 711. The van der Waals surface area contributed by atoms with E-state index in [1.54, 1.807) is 0 Å². The lowest BCUT2D eigenvalue weighted by Crippen LogP contribution is -2.37. The van der Waals surface area contributed by atoms with Gasteiger partial charge in [0.25, 0.3) is 0 Å². The second-order valence-corrected chi connectivity index (χ2v) is 24.4. The van der Waals surface area contributed by atoms with Gasteiger partial charge in [-0.3, -0.25) is 0 Å². The van der Waals surface area contributed by atoms with E-state index in [1.165, 1.54) is 213 Å². The lowest BCUT2D eigenvalue weighted by molar-refractivity contribution is 0.185. The fourth-order valence-corrected chi connectivity index (χ4v) is 11.6. The first-order valence-corrected chi connectivity index (χ1v) is 36.3. The number of hydrogen-bond donors (Lipinski definition) is 2. The molecule has 1 atom stereocenters. The van der Waals surface area contributed by atoms with Crippen LogP contribution >= 0.6 is 0 Å². The van der Waals surface area contributed by atoms with Gasteiger partial charge >= 0.3 is 0 Å². The molecule has 0 radical (unpaired) electrons. The van der Waals surface area contributed by atoms with Gasteiger partial charge in [0.15, 0.2) is 0 Å². The van der Waals surface area contributed by atoms with Gasteiger partial charge in [-0.2, -0.15) is 0 Å². The van der Waals surface area contributed by atoms with Gasteiger partial charge in [0, 0.05) is 12.1 Å². The van der Waals surface area contributed by atoms with Gasteiger partial charge in [-0.25, -0.2) is 0 Å². The molecule has 3 heteroatoms. The molecule has 1 unspecified atom stereocenters. The zero-order chi connectivity index (χ0) is 60.8. The maximum atomic E-state index is 3.52. The van der Waals surface area contributed by atoms with Crippen molar-refractivity contribution in [1.82, 2.24) is 15.5 Å². The van der Waals surface area contributed by atoms with E-state index in [2.05, 4.69) is 112 Å². The number of piperidine rings is 3. The summed E-state index contributed by atoms with van der Waals surface area (Å²) in [7, 11) is 0. The molecule has 0 amide bonds. The van der Waals surface area contributed by atoms with E-state index < -0.39 is 0 Å². The standard InChI is InChI=1S/4C9H18.3C8H17N.7C2H6/c4*1-8(2)9-6-4-3-5-7-9;1-7(2)8-3-5-9-6-4-8;1-8(2)9-6-4-3-5-7-9;1-7(2)8-5-3-4-6-9-8;7*1-2/h4*8-9H,3-7H2,1-2H3;7-9H,3-6H2,1-2H3;8H,3-7H2,1-2H3;7-9H,3-6H2,1-2H3;7*1-2H3. The van der Waals surface area contributed by atoms with Crippen LogP contribution in [-0.2, 0) is 0 Å². The molecule has 4 aliphatic carbocycles. The van der Waals surface area contributed by atoms with Gasteiger partial charge in [0.1, 0.15) is 0 Å². The zero-order valence-electron chi connectivity index (χ0n) is 60.3. The summed E-state index contributed by atoms with van der Waals surface area (Å²) < 4.78 is 0. The van der Waals surface area contributed by atoms with Crippen LogP contribution in [0.5, 0.6) is 0 Å². The van der Waals surface area contributed by atoms with Crippen LogP contribution in [0.1, 0.15) is 374 Å². The lowest BCUT2D eigenvalue weighted by atomic mass is 9.82. The summed E-state index contributed by atoms with van der Waals surface area (Å²) in [5, 5.41) is 6.89. The largest absolute Gasteiger partial charge is 0.317 e. The Morgan fingerprint density at radius 2 is 0.481 bits per heavy atom. The first kappa shape index (κ1) is 90.6. The van der Waals surface area contributed by atoms with Crippen LogP contribution in [-0.4, -0.2) is 49.7 Å². The smallest absolute Gasteiger partial charge is 0.00900 e. The van der Waals surface area contributed by atoms with E-state index in [0.717, 1.165) is 77.2 Å². The third-order valence-electron chi connectivity index (χ3n) is 17.0. The normalized spacial score (nSPS) is 20.1. The Balaban J connectivity index is -0.000000143. The predicted octanol–water partition coefficient (Wildman–Crippen LogP) is 25.4. The molecule has 0 spiro atoms. The molecule has 3 saturated heterocycles. The minimum atomic E-state index is 0.769. The van der Waals surface area contributed by atoms with Crippen LogP contribution in [0.2, 0.25) is 0 Å². The molecule has 3 aliphatic heterocycles. The average Bonchev–Trinajstić information content (AvgIpc) is 3.51. The van der Waals surface area contributed by atoms with Crippen molar-refractivity contribution in [2.24, 2.45) is 65.1 Å². The summed E-state index contributed by atoms with van der Waals surface area (Å²) in [6.07, 6.45) is 41.1. The maximum absolute atomic E-state index is 3.52. The Morgan fingerprint density at radius 3 is 0.636 bits per heavy atom. The molecular formula is C74H165N3. The quantitative estimate of drug-likeness (QED) is 0.266. The highest BCUT2D eigenvalue weighted by Crippen LogP contribution is 2.32. The molecule has 0 aromatic carbocycles. The van der Waals surface area contributed by atoms with Gasteiger partial charge in [-0.05, 0) is 150 Å². The highest BCUT2D eigenvalue weighted by atomic mass is 15.1. The molecule has 0 aromatic heterocycles. The molecule has 0 bridgehead atoms. The summed E-state index contributed by atoms with van der Waals surface area (Å²) in [6, 6.07) is 1.57. The van der Waals surface area contributed by atoms with Crippen molar-refractivity contribution in [2.45, 2.75) is 386 Å². The average molecular weight is 1100 g/mol. The van der Waals surface area contributed by atoms with Gasteiger partial charge in [0.05, 0.1) is 0 Å². The minimum absolute atomic E-state index is 0.769. The molecule has 7 fully saturated rings. The number of hydrogen-bond acceptors (Lipinski definition) is 3. The topological polar surface area (TPSA) is 27.3 Å². The Hall–Kier alpha value is -0.120. The highest BCUT2D eigenvalue weighted by Gasteiger charge is 2.20. The Labute approximate surface area is 496 Å². The van der Waals surface area contributed by atoms with Crippen LogP contribution in [0.25, 0.3) is 0 Å². The summed E-state index contributed by atoms with van der Waals surface area (Å²) in [6.45, 7) is 67.0. The van der Waals surface area contributed by atoms with Crippen LogP contribution < -0.4 is 10.6 Å². The van der Waals surface area contributed by atoms with Crippen LogP contribution in [0, 0.1) is 65.1 Å². The summed E-state index contributed by atoms with van der Waals surface area (Å²) in [5.41, 5.74) is 0. The number of nitrogens with one attached hydrogen (secondary N) is 2. The van der Waals surface area contributed by atoms with Crippen molar-refractivity contribution < 1.29 is 0 Å². The molecule has 4 saturated carbocycles. The van der Waals surface area contributed by atoms with Crippen molar-refractivity contribution in [3.63, 3.8) is 0 Å². The lowest BCUT2D eigenvalue weighted by Gasteiger charge is -2.29. The molecule has 476 valence electrons. The molecule has 77 heavy (non-hydrogen) atoms. The van der Waals surface area contributed by atoms with Gasteiger partial charge in [0.2, 0.25) is 0 Å². The fourth-order valence-electron chi connectivity index (χ4n) is 11.6. The molecule has 3 heterocycles. The van der Waals surface area contributed by atoms with E-state index >= 15 is 0 Å². The van der Waals surface area contributed by atoms with Crippen molar-refractivity contribution in [1.29, 1.82) is 0 Å². The highest BCUT2D eigenvalue weighted by molar-refractivity contribution is 4.75. The first-order valence-electron chi connectivity index (χ1n) is 36.3. The Morgan fingerprint density at radius 1 is 0.247 bits per heavy atom. The molecule has 7 aliphatic rings. The van der Waals surface area contributed by atoms with Crippen molar-refractivity contribution >= 4 is 0 Å². The van der Waals surface area contributed by atoms with Crippen molar-refractivity contribution in [2.75, 3.05) is 32.7 Å². The fraction of sp³-hybridized carbons (Fsp3) is 1.00. The second kappa shape index (κ2) is 72.0. The Kier molecular flexibility index (Phi) is 84.7. The van der Waals surface area contributed by atoms with Gasteiger partial charge in [-0.15, -0.1) is 0 Å². The third kappa shape index (κ3) is 58.9. The van der Waals surface area contributed by atoms with E-state index in [1.807, 2.05) is 96.9 Å². The van der Waals surface area contributed by atoms with Gasteiger partial charge in [-0.1, -0.05) is 321 Å². The van der Waals surface area contributed by atoms with E-state index in [4.69, 9.17) is 0 Å². The predicted molar refractivity (Wildman–Crippen MR) is 367 cm³/mol. The van der Waals surface area contributed by atoms with Crippen LogP contribution in [0.15, 0.2) is 0 Å². The zero-order valence-corrected chi connectivity index (χ0v) is 60.3. The second-order valence-electron chi connectivity index (χ2n) is 24.4. The van der Waals surface area contributed by atoms with Crippen molar-refractivity contribution in [3.05, 3.63) is 0 Å². The molecular weight excluding hydrogens is 931 g/mol. The number of likely N-dealkylation sites (tertiary alicyclic amines) is 1. The molecule has 3 nitrogen and oxygen atoms in total. The maximum Gasteiger partial charge on any atom is 0.00900 e. The minimum Gasteiger partial charge on any atom is -0.317 e. The monoisotopic (exact) mass is 1100 g/mol. The first-order chi connectivity index (χ1) is 37.1. The summed E-state index contributed by atoms with van der Waals surface area (Å²) in [4.78, 5) is 2.56. The molecule has 0 aromatic rings. The number of rotatable bonds is 7. The van der Waals surface area contributed by atoms with Crippen molar-refractivity contribution in [3.8, 4) is 0 Å². The van der Waals surface area contributed by atoms with E-state index in [0.29, 0.717) is 0 Å². The van der Waals surface area contributed by atoms with Crippen LogP contribution in [0.4, 0.5) is 0 Å². The summed E-state index contributed by atoms with van der Waals surface area (Å²) >= 11 is 0. The SMILES string of the molecule is CC.CC.CC.CC.CC.CC.CC.CC(C)C1CCCCC1.CC(C)C1CCCCC1.CC(C)C1CCCCC1.CC(C)C1CCCCC1.CC(C)C1CCCCN1.CC(C)C1CCNCC1.CC(C)N1CCCCC1.